The first-order valence-corrected chi connectivity index (χ1v) is 4.46. The minimum atomic E-state index is -0.126. The predicted octanol–water partition coefficient (Wildman–Crippen LogP) is 1.20. The van der Waals surface area contributed by atoms with Crippen LogP contribution in [-0.4, -0.2) is 21.7 Å². The van der Waals surface area contributed by atoms with E-state index >= 15 is 0 Å². The van der Waals surface area contributed by atoms with Gasteiger partial charge in [0.15, 0.2) is 0 Å². The van der Waals surface area contributed by atoms with Crippen molar-refractivity contribution >= 4 is 15.6 Å². The number of hydrogen-bond donors (Lipinski definition) is 0. The van der Waals surface area contributed by atoms with Crippen molar-refractivity contribution in [1.82, 2.24) is 0 Å². The lowest BCUT2D eigenvalue weighted by Gasteiger charge is -2.03. The molecule has 0 aromatic heterocycles. The van der Waals surface area contributed by atoms with Crippen molar-refractivity contribution in [3.05, 3.63) is 0 Å². The molecule has 0 aromatic carbocycles. The minimum Gasteiger partial charge on any atom is -0.501 e. The van der Waals surface area contributed by atoms with E-state index in [0.29, 0.717) is 6.10 Å². The number of hydrogen-bond acceptors (Lipinski definition) is 1. The van der Waals surface area contributed by atoms with Crippen LogP contribution in [0.1, 0.15) is 20.8 Å². The van der Waals surface area contributed by atoms with Crippen LogP contribution in [0.3, 0.4) is 0 Å². The lowest BCUT2D eigenvalue weighted by molar-refractivity contribution is 0.256. The van der Waals surface area contributed by atoms with Gasteiger partial charge in [0.2, 0.25) is 0 Å². The largest absolute Gasteiger partial charge is 0.501 e. The van der Waals surface area contributed by atoms with E-state index in [4.69, 9.17) is 3.79 Å². The third kappa shape index (κ3) is 6.49. The van der Waals surface area contributed by atoms with Crippen LogP contribution in [0.5, 0.6) is 0 Å². The standard InChI is InChI=1S/C3H7O.C2H5.Al.H/c1-3(2)4;1-2;;/h3H,1-2H3;1H2,2H3;;/q-1;;+1;. The van der Waals surface area contributed by atoms with Gasteiger partial charge in [-0.1, -0.05) is 12.2 Å². The summed E-state index contributed by atoms with van der Waals surface area (Å²) in [7, 11) is 0. The fourth-order valence-corrected chi connectivity index (χ4v) is 1.06. The first-order chi connectivity index (χ1) is 3.27. The molecule has 0 fully saturated rings. The molecule has 0 radical (unpaired) electrons. The van der Waals surface area contributed by atoms with Gasteiger partial charge in [-0.25, -0.2) is 0 Å². The van der Waals surface area contributed by atoms with Crippen LogP contribution in [0.4, 0.5) is 0 Å². The summed E-state index contributed by atoms with van der Waals surface area (Å²) >= 11 is -0.126. The highest BCUT2D eigenvalue weighted by molar-refractivity contribution is 6.26. The summed E-state index contributed by atoms with van der Waals surface area (Å²) in [5, 5.41) is 1.26. The molecule has 0 spiro atoms. The van der Waals surface area contributed by atoms with Gasteiger partial charge in [0, 0.05) is 6.10 Å². The van der Waals surface area contributed by atoms with E-state index in [1.54, 1.807) is 0 Å². The van der Waals surface area contributed by atoms with E-state index in [0.717, 1.165) is 0 Å². The second kappa shape index (κ2) is 4.65. The van der Waals surface area contributed by atoms with Crippen molar-refractivity contribution in [3.63, 3.8) is 0 Å². The Hall–Kier alpha value is 0.492. The molecule has 0 bridgehead atoms. The van der Waals surface area contributed by atoms with Crippen molar-refractivity contribution in [2.75, 3.05) is 0 Å². The van der Waals surface area contributed by atoms with Crippen molar-refractivity contribution < 1.29 is 3.79 Å². The molecule has 42 valence electrons. The molecule has 0 aliphatic heterocycles. The quantitative estimate of drug-likeness (QED) is 0.503. The van der Waals surface area contributed by atoms with Crippen molar-refractivity contribution in [1.29, 1.82) is 0 Å². The summed E-state index contributed by atoms with van der Waals surface area (Å²) in [6.07, 6.45) is 0.464. The zero-order valence-electron chi connectivity index (χ0n) is 5.40. The Morgan fingerprint density at radius 2 is 2.14 bits per heavy atom. The summed E-state index contributed by atoms with van der Waals surface area (Å²) in [6, 6.07) is 0. The Kier molecular flexibility index (Phi) is 4.97. The van der Waals surface area contributed by atoms with Crippen molar-refractivity contribution in [3.8, 4) is 0 Å². The van der Waals surface area contributed by atoms with Crippen LogP contribution in [0.15, 0.2) is 0 Å². The molecule has 0 unspecified atom stereocenters. The molecule has 7 heavy (non-hydrogen) atoms. The second-order valence-corrected chi connectivity index (χ2v) is 3.66. The average molecular weight is 116 g/mol. The van der Waals surface area contributed by atoms with Gasteiger partial charge in [-0.05, 0) is 13.8 Å². The molecule has 2 heteroatoms. The van der Waals surface area contributed by atoms with Crippen LogP contribution in [0, 0.1) is 0 Å². The molecule has 0 atom stereocenters. The summed E-state index contributed by atoms with van der Waals surface area (Å²) in [6.45, 7) is 6.35. The zero-order chi connectivity index (χ0) is 5.70. The SMILES string of the molecule is C[CH2][AlH][O]C(C)C. The summed E-state index contributed by atoms with van der Waals surface area (Å²) in [5.74, 6) is 0. The Bertz CT molecular complexity index is 37.1. The molecule has 0 saturated carbocycles. The monoisotopic (exact) mass is 116 g/mol. The highest BCUT2D eigenvalue weighted by Gasteiger charge is 1.91. The molecule has 0 rings (SSSR count). The molecule has 0 aliphatic rings. The fourth-order valence-electron chi connectivity index (χ4n) is 0.354. The Morgan fingerprint density at radius 3 is 2.29 bits per heavy atom. The molecule has 0 amide bonds. The predicted molar refractivity (Wildman–Crippen MR) is 33.9 cm³/mol. The topological polar surface area (TPSA) is 9.23 Å². The van der Waals surface area contributed by atoms with Gasteiger partial charge in [-0.2, -0.15) is 0 Å². The maximum absolute atomic E-state index is 5.33. The van der Waals surface area contributed by atoms with Gasteiger partial charge in [-0.15, -0.1) is 0 Å². The normalized spacial score (nSPS) is 9.71. The summed E-state index contributed by atoms with van der Waals surface area (Å²) in [4.78, 5) is 0. The lowest BCUT2D eigenvalue weighted by atomic mass is 10.5. The van der Waals surface area contributed by atoms with Gasteiger partial charge in [0.05, 0.1) is 0 Å². The third-order valence-corrected chi connectivity index (χ3v) is 1.97. The second-order valence-electron chi connectivity index (χ2n) is 1.92. The molecular weight excluding hydrogens is 103 g/mol. The van der Waals surface area contributed by atoms with Crippen molar-refractivity contribution in [2.24, 2.45) is 0 Å². The number of rotatable bonds is 3. The van der Waals surface area contributed by atoms with Gasteiger partial charge < -0.3 is 3.79 Å². The fraction of sp³-hybridized carbons (Fsp3) is 1.00. The van der Waals surface area contributed by atoms with Gasteiger partial charge in [-0.3, -0.25) is 0 Å². The lowest BCUT2D eigenvalue weighted by Crippen LogP contribution is -2.05. The van der Waals surface area contributed by atoms with Crippen LogP contribution in [0.2, 0.25) is 5.28 Å². The maximum Gasteiger partial charge on any atom is 0.435 e. The molecule has 0 N–H and O–H groups in total. The van der Waals surface area contributed by atoms with E-state index in [-0.39, 0.29) is 15.6 Å². The smallest absolute Gasteiger partial charge is 0.435 e. The Morgan fingerprint density at radius 1 is 1.57 bits per heavy atom. The van der Waals surface area contributed by atoms with Gasteiger partial charge >= 0.3 is 15.6 Å². The third-order valence-electron chi connectivity index (χ3n) is 0.655. The van der Waals surface area contributed by atoms with Crippen LogP contribution in [-0.2, 0) is 3.79 Å². The molecular formula is C5H13AlO. The van der Waals surface area contributed by atoms with E-state index in [1.807, 2.05) is 0 Å². The van der Waals surface area contributed by atoms with Crippen LogP contribution >= 0.6 is 0 Å². The molecule has 0 aromatic rings. The molecule has 0 aliphatic carbocycles. The van der Waals surface area contributed by atoms with E-state index < -0.39 is 0 Å². The minimum absolute atomic E-state index is 0.126. The van der Waals surface area contributed by atoms with Crippen LogP contribution in [0.25, 0.3) is 0 Å². The van der Waals surface area contributed by atoms with Crippen molar-refractivity contribution in [2.45, 2.75) is 32.2 Å². The first kappa shape index (κ1) is 7.49. The summed E-state index contributed by atoms with van der Waals surface area (Å²) < 4.78 is 5.33. The molecule has 1 nitrogen and oxygen atoms in total. The highest BCUT2D eigenvalue weighted by atomic mass is 27.1. The average Bonchev–Trinajstić information content (AvgIpc) is 1.61. The van der Waals surface area contributed by atoms with Crippen LogP contribution < -0.4 is 0 Å². The zero-order valence-corrected chi connectivity index (χ0v) is 6.81. The molecule has 0 heterocycles. The summed E-state index contributed by atoms with van der Waals surface area (Å²) in [5.41, 5.74) is 0. The Labute approximate surface area is 52.1 Å². The van der Waals surface area contributed by atoms with E-state index in [1.165, 1.54) is 5.28 Å². The van der Waals surface area contributed by atoms with Gasteiger partial charge in [0.25, 0.3) is 0 Å². The van der Waals surface area contributed by atoms with E-state index in [9.17, 15) is 0 Å². The maximum atomic E-state index is 5.33. The first-order valence-electron chi connectivity index (χ1n) is 2.89. The van der Waals surface area contributed by atoms with Gasteiger partial charge in [0.1, 0.15) is 0 Å². The molecule has 0 saturated heterocycles. The van der Waals surface area contributed by atoms with E-state index in [2.05, 4.69) is 20.8 Å². The highest BCUT2D eigenvalue weighted by Crippen LogP contribution is 1.85. The Balaban J connectivity index is 2.68.